The molecule has 0 N–H and O–H groups in total. The quantitative estimate of drug-likeness (QED) is 0.651. The lowest BCUT2D eigenvalue weighted by Crippen LogP contribution is -1.98. The van der Waals surface area contributed by atoms with Crippen LogP contribution < -0.4 is 0 Å². The standard InChI is InChI=1S/C17H16N2S/c1-2-6-15(7-3-1)13-20-17-9-5-4-8-16(17)12-19-11-10-18-14-19/h1-11,14H,12-13H2. The molecule has 0 bridgehead atoms. The van der Waals surface area contributed by atoms with Gasteiger partial charge in [0.15, 0.2) is 0 Å². The molecule has 0 atom stereocenters. The zero-order valence-electron chi connectivity index (χ0n) is 11.1. The number of hydrogen-bond acceptors (Lipinski definition) is 2. The Morgan fingerprint density at radius 3 is 2.55 bits per heavy atom. The molecule has 0 aliphatic carbocycles. The molecule has 3 heteroatoms. The van der Waals surface area contributed by atoms with Gasteiger partial charge in [0.1, 0.15) is 0 Å². The lowest BCUT2D eigenvalue weighted by atomic mass is 10.2. The van der Waals surface area contributed by atoms with E-state index in [1.165, 1.54) is 16.0 Å². The van der Waals surface area contributed by atoms with Gasteiger partial charge in [-0.05, 0) is 17.2 Å². The number of benzene rings is 2. The zero-order valence-corrected chi connectivity index (χ0v) is 12.0. The van der Waals surface area contributed by atoms with E-state index < -0.39 is 0 Å². The highest BCUT2D eigenvalue weighted by atomic mass is 32.2. The first-order valence-corrected chi connectivity index (χ1v) is 7.61. The number of nitrogens with zero attached hydrogens (tertiary/aromatic N) is 2. The molecule has 3 aromatic rings. The summed E-state index contributed by atoms with van der Waals surface area (Å²) in [6, 6.07) is 19.2. The van der Waals surface area contributed by atoms with Crippen LogP contribution in [0.5, 0.6) is 0 Å². The summed E-state index contributed by atoms with van der Waals surface area (Å²) in [6.45, 7) is 0.873. The van der Waals surface area contributed by atoms with Crippen molar-refractivity contribution in [3.8, 4) is 0 Å². The maximum absolute atomic E-state index is 4.10. The summed E-state index contributed by atoms with van der Waals surface area (Å²) in [5, 5.41) is 0. The van der Waals surface area contributed by atoms with Crippen molar-refractivity contribution in [3.63, 3.8) is 0 Å². The molecule has 2 aromatic carbocycles. The highest BCUT2D eigenvalue weighted by Gasteiger charge is 2.03. The highest BCUT2D eigenvalue weighted by molar-refractivity contribution is 7.98. The fourth-order valence-electron chi connectivity index (χ4n) is 2.09. The van der Waals surface area contributed by atoms with Crippen molar-refractivity contribution >= 4 is 11.8 Å². The molecule has 0 unspecified atom stereocenters. The van der Waals surface area contributed by atoms with Crippen molar-refractivity contribution < 1.29 is 0 Å². The Morgan fingerprint density at radius 1 is 0.950 bits per heavy atom. The summed E-state index contributed by atoms with van der Waals surface area (Å²) < 4.78 is 2.10. The zero-order chi connectivity index (χ0) is 13.6. The van der Waals surface area contributed by atoms with E-state index in [2.05, 4.69) is 64.1 Å². The fourth-order valence-corrected chi connectivity index (χ4v) is 3.09. The number of rotatable bonds is 5. The molecular weight excluding hydrogens is 264 g/mol. The Bertz CT molecular complexity index is 648. The van der Waals surface area contributed by atoms with E-state index in [0.717, 1.165) is 12.3 Å². The first-order valence-electron chi connectivity index (χ1n) is 6.62. The van der Waals surface area contributed by atoms with Crippen LogP contribution in [0.25, 0.3) is 0 Å². The Morgan fingerprint density at radius 2 is 1.75 bits per heavy atom. The first-order chi connectivity index (χ1) is 9.92. The van der Waals surface area contributed by atoms with Gasteiger partial charge in [0.05, 0.1) is 6.33 Å². The van der Waals surface area contributed by atoms with Crippen molar-refractivity contribution in [1.29, 1.82) is 0 Å². The van der Waals surface area contributed by atoms with E-state index in [9.17, 15) is 0 Å². The summed E-state index contributed by atoms with van der Waals surface area (Å²) >= 11 is 1.89. The minimum Gasteiger partial charge on any atom is -0.333 e. The molecule has 1 heterocycles. The second-order valence-electron chi connectivity index (χ2n) is 4.62. The van der Waals surface area contributed by atoms with Crippen LogP contribution in [0, 0.1) is 0 Å². The third-order valence-corrected chi connectivity index (χ3v) is 4.31. The third kappa shape index (κ3) is 3.31. The van der Waals surface area contributed by atoms with Crippen molar-refractivity contribution in [2.45, 2.75) is 17.2 Å². The normalized spacial score (nSPS) is 10.6. The van der Waals surface area contributed by atoms with Gasteiger partial charge in [-0.25, -0.2) is 4.98 Å². The van der Waals surface area contributed by atoms with Crippen LogP contribution in [0.15, 0.2) is 78.2 Å². The summed E-state index contributed by atoms with van der Waals surface area (Å²) in [6.07, 6.45) is 5.68. The van der Waals surface area contributed by atoms with Gasteiger partial charge in [-0.15, -0.1) is 11.8 Å². The lowest BCUT2D eigenvalue weighted by Gasteiger charge is -2.09. The van der Waals surface area contributed by atoms with Gasteiger partial charge in [-0.3, -0.25) is 0 Å². The molecule has 0 amide bonds. The molecule has 0 aliphatic rings. The molecular formula is C17H16N2S. The number of thioether (sulfide) groups is 1. The SMILES string of the molecule is c1ccc(CSc2ccccc2Cn2ccnc2)cc1. The van der Waals surface area contributed by atoms with E-state index in [1.54, 1.807) is 0 Å². The van der Waals surface area contributed by atoms with E-state index in [1.807, 2.05) is 30.5 Å². The molecule has 0 saturated carbocycles. The Hall–Kier alpha value is -2.00. The Kier molecular flexibility index (Phi) is 4.19. The number of aromatic nitrogens is 2. The molecule has 100 valence electrons. The van der Waals surface area contributed by atoms with Crippen molar-refractivity contribution in [2.75, 3.05) is 0 Å². The Balaban J connectivity index is 1.73. The number of hydrogen-bond donors (Lipinski definition) is 0. The van der Waals surface area contributed by atoms with Crippen LogP contribution in [0.4, 0.5) is 0 Å². The molecule has 0 radical (unpaired) electrons. The average Bonchev–Trinajstić information content (AvgIpc) is 3.00. The summed E-state index contributed by atoms with van der Waals surface area (Å²) in [5.41, 5.74) is 2.70. The number of imidazole rings is 1. The van der Waals surface area contributed by atoms with Gasteiger partial charge in [0.25, 0.3) is 0 Å². The predicted molar refractivity (Wildman–Crippen MR) is 83.8 cm³/mol. The van der Waals surface area contributed by atoms with Gasteiger partial charge in [0, 0.05) is 29.6 Å². The molecule has 0 fully saturated rings. The van der Waals surface area contributed by atoms with Crippen LogP contribution in [-0.2, 0) is 12.3 Å². The van der Waals surface area contributed by atoms with E-state index in [4.69, 9.17) is 0 Å². The van der Waals surface area contributed by atoms with Crippen LogP contribution >= 0.6 is 11.8 Å². The molecule has 0 saturated heterocycles. The van der Waals surface area contributed by atoms with Gasteiger partial charge in [-0.1, -0.05) is 48.5 Å². The molecule has 2 nitrogen and oxygen atoms in total. The van der Waals surface area contributed by atoms with E-state index in [0.29, 0.717) is 0 Å². The molecule has 0 aliphatic heterocycles. The van der Waals surface area contributed by atoms with Crippen LogP contribution in [-0.4, -0.2) is 9.55 Å². The minimum atomic E-state index is 0.873. The van der Waals surface area contributed by atoms with Gasteiger partial charge in [0.2, 0.25) is 0 Å². The largest absolute Gasteiger partial charge is 0.333 e. The third-order valence-electron chi connectivity index (χ3n) is 3.12. The maximum Gasteiger partial charge on any atom is 0.0949 e. The molecule has 3 rings (SSSR count). The summed E-state index contributed by atoms with van der Waals surface area (Å²) in [5.74, 6) is 1.00. The van der Waals surface area contributed by atoms with Crippen LogP contribution in [0.3, 0.4) is 0 Å². The molecule has 20 heavy (non-hydrogen) atoms. The topological polar surface area (TPSA) is 17.8 Å². The van der Waals surface area contributed by atoms with Gasteiger partial charge in [-0.2, -0.15) is 0 Å². The second-order valence-corrected chi connectivity index (χ2v) is 5.63. The van der Waals surface area contributed by atoms with Crippen LogP contribution in [0.2, 0.25) is 0 Å². The average molecular weight is 280 g/mol. The first kappa shape index (κ1) is 13.0. The smallest absolute Gasteiger partial charge is 0.0949 e. The van der Waals surface area contributed by atoms with Crippen molar-refractivity contribution in [2.24, 2.45) is 0 Å². The lowest BCUT2D eigenvalue weighted by molar-refractivity contribution is 0.784. The Labute approximate surface area is 123 Å². The molecule has 0 spiro atoms. The van der Waals surface area contributed by atoms with Gasteiger partial charge >= 0.3 is 0 Å². The summed E-state index contributed by atoms with van der Waals surface area (Å²) in [4.78, 5) is 5.44. The molecule has 1 aromatic heterocycles. The monoisotopic (exact) mass is 280 g/mol. The van der Waals surface area contributed by atoms with Crippen LogP contribution in [0.1, 0.15) is 11.1 Å². The van der Waals surface area contributed by atoms with E-state index >= 15 is 0 Å². The minimum absolute atomic E-state index is 0.873. The summed E-state index contributed by atoms with van der Waals surface area (Å²) in [7, 11) is 0. The van der Waals surface area contributed by atoms with Crippen molar-refractivity contribution in [1.82, 2.24) is 9.55 Å². The maximum atomic E-state index is 4.10. The highest BCUT2D eigenvalue weighted by Crippen LogP contribution is 2.26. The van der Waals surface area contributed by atoms with Gasteiger partial charge < -0.3 is 4.57 Å². The predicted octanol–water partition coefficient (Wildman–Crippen LogP) is 4.22. The van der Waals surface area contributed by atoms with E-state index in [-0.39, 0.29) is 0 Å². The van der Waals surface area contributed by atoms with Crippen molar-refractivity contribution in [3.05, 3.63) is 84.4 Å². The fraction of sp³-hybridized carbons (Fsp3) is 0.118. The second kappa shape index (κ2) is 6.44.